The highest BCUT2D eigenvalue weighted by Gasteiger charge is 2.30. The molecule has 0 unspecified atom stereocenters. The molecule has 0 aliphatic carbocycles. The molecule has 30 heavy (non-hydrogen) atoms. The number of ether oxygens (including phenoxy) is 2. The van der Waals surface area contributed by atoms with Crippen molar-refractivity contribution in [2.24, 2.45) is 0 Å². The third-order valence-corrected chi connectivity index (χ3v) is 4.36. The number of nitrogens with one attached hydrogen (secondary N) is 1. The fourth-order valence-electron chi connectivity index (χ4n) is 2.86. The van der Waals surface area contributed by atoms with E-state index in [-0.39, 0.29) is 19.0 Å². The van der Waals surface area contributed by atoms with Gasteiger partial charge in [-0.2, -0.15) is 13.2 Å². The molecule has 10 heteroatoms. The van der Waals surface area contributed by atoms with Gasteiger partial charge >= 0.3 is 6.18 Å². The standard InChI is InChI=1S/C20H14F3N3O4/c21-20(22,23)13-3-1-12(2-4-13)15-8-19(28)26(10-24-15)9-18(27)25-14-5-6-16-17(7-14)30-11-29-16/h1-8,10H,9,11H2,(H,25,27). The number of carbonyl (C=O) groups excluding carboxylic acids is 1. The van der Waals surface area contributed by atoms with Gasteiger partial charge < -0.3 is 14.8 Å². The summed E-state index contributed by atoms with van der Waals surface area (Å²) >= 11 is 0. The van der Waals surface area contributed by atoms with Gasteiger partial charge in [0.15, 0.2) is 11.5 Å². The molecule has 0 spiro atoms. The van der Waals surface area contributed by atoms with Crippen LogP contribution in [-0.2, 0) is 17.5 Å². The van der Waals surface area contributed by atoms with Gasteiger partial charge in [0.2, 0.25) is 12.7 Å². The summed E-state index contributed by atoms with van der Waals surface area (Å²) < 4.78 is 49.5. The Hall–Kier alpha value is -3.82. The minimum Gasteiger partial charge on any atom is -0.454 e. The van der Waals surface area contributed by atoms with E-state index in [2.05, 4.69) is 10.3 Å². The number of benzene rings is 2. The quantitative estimate of drug-likeness (QED) is 0.705. The smallest absolute Gasteiger partial charge is 0.416 e. The molecule has 0 radical (unpaired) electrons. The molecule has 3 aromatic rings. The van der Waals surface area contributed by atoms with E-state index in [0.717, 1.165) is 22.8 Å². The zero-order valence-corrected chi connectivity index (χ0v) is 15.3. The second-order valence-corrected chi connectivity index (χ2v) is 6.43. The summed E-state index contributed by atoms with van der Waals surface area (Å²) in [6, 6.07) is 10.4. The first-order valence-corrected chi connectivity index (χ1v) is 8.73. The number of hydrogen-bond acceptors (Lipinski definition) is 5. The van der Waals surface area contributed by atoms with Gasteiger partial charge in [0.1, 0.15) is 6.54 Å². The van der Waals surface area contributed by atoms with Crippen LogP contribution >= 0.6 is 0 Å². The predicted octanol–water partition coefficient (Wildman–Crippen LogP) is 3.30. The van der Waals surface area contributed by atoms with Gasteiger partial charge in [0.25, 0.3) is 5.56 Å². The van der Waals surface area contributed by atoms with Crippen LogP contribution in [0, 0.1) is 0 Å². The van der Waals surface area contributed by atoms with E-state index in [0.29, 0.717) is 22.7 Å². The Morgan fingerprint density at radius 1 is 1.07 bits per heavy atom. The normalized spacial score (nSPS) is 12.6. The molecule has 4 rings (SSSR count). The topological polar surface area (TPSA) is 82.5 Å². The fourth-order valence-corrected chi connectivity index (χ4v) is 2.86. The van der Waals surface area contributed by atoms with Crippen LogP contribution in [0.15, 0.2) is 59.7 Å². The number of aromatic nitrogens is 2. The van der Waals surface area contributed by atoms with Crippen LogP contribution < -0.4 is 20.3 Å². The first kappa shape index (κ1) is 19.5. The average Bonchev–Trinajstić information content (AvgIpc) is 3.17. The van der Waals surface area contributed by atoms with Crippen LogP contribution in [-0.4, -0.2) is 22.3 Å². The Balaban J connectivity index is 1.45. The molecule has 0 fully saturated rings. The van der Waals surface area contributed by atoms with Crippen molar-refractivity contribution in [2.75, 3.05) is 12.1 Å². The van der Waals surface area contributed by atoms with Crippen LogP contribution in [0.25, 0.3) is 11.3 Å². The van der Waals surface area contributed by atoms with Gasteiger partial charge in [-0.25, -0.2) is 4.98 Å². The number of anilines is 1. The molecule has 1 N–H and O–H groups in total. The maximum absolute atomic E-state index is 12.7. The Morgan fingerprint density at radius 2 is 1.80 bits per heavy atom. The molecular weight excluding hydrogens is 403 g/mol. The molecule has 1 aliphatic rings. The van der Waals surface area contributed by atoms with Crippen molar-refractivity contribution in [2.45, 2.75) is 12.7 Å². The molecular formula is C20H14F3N3O4. The number of halogens is 3. The SMILES string of the molecule is O=C(Cn1cnc(-c2ccc(C(F)(F)F)cc2)cc1=O)Nc1ccc2c(c1)OCO2. The van der Waals surface area contributed by atoms with Gasteiger partial charge in [0, 0.05) is 23.4 Å². The lowest BCUT2D eigenvalue weighted by Crippen LogP contribution is -2.27. The maximum Gasteiger partial charge on any atom is 0.416 e. The van der Waals surface area contributed by atoms with Gasteiger partial charge in [-0.05, 0) is 24.3 Å². The van der Waals surface area contributed by atoms with E-state index in [1.807, 2.05) is 0 Å². The number of rotatable bonds is 4. The van der Waals surface area contributed by atoms with E-state index in [9.17, 15) is 22.8 Å². The van der Waals surface area contributed by atoms with E-state index in [1.165, 1.54) is 18.5 Å². The number of nitrogens with zero attached hydrogens (tertiary/aromatic N) is 2. The first-order valence-electron chi connectivity index (χ1n) is 8.73. The monoisotopic (exact) mass is 417 g/mol. The summed E-state index contributed by atoms with van der Waals surface area (Å²) in [7, 11) is 0. The van der Waals surface area contributed by atoms with Crippen LogP contribution in [0.2, 0.25) is 0 Å². The second-order valence-electron chi connectivity index (χ2n) is 6.43. The lowest BCUT2D eigenvalue weighted by atomic mass is 10.1. The van der Waals surface area contributed by atoms with E-state index < -0.39 is 23.2 Å². The van der Waals surface area contributed by atoms with Crippen molar-refractivity contribution in [3.63, 3.8) is 0 Å². The van der Waals surface area contributed by atoms with Gasteiger partial charge in [-0.3, -0.25) is 14.2 Å². The second kappa shape index (κ2) is 7.54. The summed E-state index contributed by atoms with van der Waals surface area (Å²) in [6.07, 6.45) is -3.27. The highest BCUT2D eigenvalue weighted by atomic mass is 19.4. The number of carbonyl (C=O) groups is 1. The third-order valence-electron chi connectivity index (χ3n) is 4.36. The predicted molar refractivity (Wildman–Crippen MR) is 100 cm³/mol. The van der Waals surface area contributed by atoms with Crippen LogP contribution in [0.5, 0.6) is 11.5 Å². The van der Waals surface area contributed by atoms with Gasteiger partial charge in [-0.15, -0.1) is 0 Å². The molecule has 1 aliphatic heterocycles. The molecule has 0 saturated heterocycles. The average molecular weight is 417 g/mol. The molecule has 2 aromatic carbocycles. The summed E-state index contributed by atoms with van der Waals surface area (Å²) in [5.41, 5.74) is -0.259. The van der Waals surface area contributed by atoms with Crippen molar-refractivity contribution in [3.8, 4) is 22.8 Å². The Morgan fingerprint density at radius 3 is 2.50 bits per heavy atom. The highest BCUT2D eigenvalue weighted by molar-refractivity contribution is 5.91. The maximum atomic E-state index is 12.7. The third kappa shape index (κ3) is 4.12. The van der Waals surface area contributed by atoms with Crippen molar-refractivity contribution < 1.29 is 27.4 Å². The van der Waals surface area contributed by atoms with E-state index >= 15 is 0 Å². The summed E-state index contributed by atoms with van der Waals surface area (Å²) in [5.74, 6) is 0.625. The minimum atomic E-state index is -4.44. The first-order chi connectivity index (χ1) is 14.3. The molecule has 2 heterocycles. The molecule has 0 atom stereocenters. The molecule has 1 aromatic heterocycles. The van der Waals surface area contributed by atoms with Crippen molar-refractivity contribution in [3.05, 3.63) is 70.8 Å². The summed E-state index contributed by atoms with van der Waals surface area (Å²) in [5, 5.41) is 2.65. The number of alkyl halides is 3. The molecule has 0 bridgehead atoms. The Labute approximate surface area is 167 Å². The Kier molecular flexibility index (Phi) is 4.90. The van der Waals surface area contributed by atoms with Crippen LogP contribution in [0.1, 0.15) is 5.56 Å². The number of hydrogen-bond donors (Lipinski definition) is 1. The lowest BCUT2D eigenvalue weighted by Gasteiger charge is -2.09. The molecule has 1 amide bonds. The number of fused-ring (bicyclic) bond motifs is 1. The Bertz CT molecular complexity index is 1160. The van der Waals surface area contributed by atoms with Crippen LogP contribution in [0.4, 0.5) is 18.9 Å². The fraction of sp³-hybridized carbons (Fsp3) is 0.150. The van der Waals surface area contributed by atoms with Crippen LogP contribution in [0.3, 0.4) is 0 Å². The molecule has 154 valence electrons. The van der Waals surface area contributed by atoms with Gasteiger partial charge in [0.05, 0.1) is 17.6 Å². The lowest BCUT2D eigenvalue weighted by molar-refractivity contribution is -0.137. The minimum absolute atomic E-state index is 0.110. The largest absolute Gasteiger partial charge is 0.454 e. The van der Waals surface area contributed by atoms with E-state index in [4.69, 9.17) is 9.47 Å². The highest BCUT2D eigenvalue weighted by Crippen LogP contribution is 2.34. The number of amides is 1. The zero-order valence-electron chi connectivity index (χ0n) is 15.3. The molecule has 0 saturated carbocycles. The zero-order chi connectivity index (χ0) is 21.3. The molecule has 7 nitrogen and oxygen atoms in total. The summed E-state index contributed by atoms with van der Waals surface area (Å²) in [6.45, 7) is -0.174. The van der Waals surface area contributed by atoms with Gasteiger partial charge in [-0.1, -0.05) is 12.1 Å². The van der Waals surface area contributed by atoms with E-state index in [1.54, 1.807) is 18.2 Å². The van der Waals surface area contributed by atoms with Crippen molar-refractivity contribution in [1.29, 1.82) is 0 Å². The van der Waals surface area contributed by atoms with Crippen molar-refractivity contribution >= 4 is 11.6 Å². The van der Waals surface area contributed by atoms with Crippen molar-refractivity contribution in [1.82, 2.24) is 9.55 Å². The summed E-state index contributed by atoms with van der Waals surface area (Å²) in [4.78, 5) is 28.6.